The number of amides is 1. The lowest BCUT2D eigenvalue weighted by atomic mass is 10.3. The Morgan fingerprint density at radius 3 is 2.57 bits per heavy atom. The predicted molar refractivity (Wildman–Crippen MR) is 85.9 cm³/mol. The maximum atomic E-state index is 11.9. The van der Waals surface area contributed by atoms with Gasteiger partial charge in [-0.15, -0.1) is 0 Å². The molecule has 0 fully saturated rings. The maximum Gasteiger partial charge on any atom is 0.274 e. The molecule has 7 heteroatoms. The molecule has 0 saturated heterocycles. The lowest BCUT2D eigenvalue weighted by molar-refractivity contribution is 0.102. The van der Waals surface area contributed by atoms with E-state index < -0.39 is 0 Å². The molecule has 0 aliphatic heterocycles. The number of hydrogen-bond acceptors (Lipinski definition) is 4. The van der Waals surface area contributed by atoms with Crippen molar-refractivity contribution in [1.82, 2.24) is 4.98 Å². The molecule has 0 bridgehead atoms. The first-order valence-corrected chi connectivity index (χ1v) is 6.77. The first kappa shape index (κ1) is 15.2. The number of benzene rings is 1. The summed E-state index contributed by atoms with van der Waals surface area (Å²) in [6.07, 6.45) is 1.42. The molecular formula is C14H12ClN3O2S. The van der Waals surface area contributed by atoms with Crippen molar-refractivity contribution in [2.24, 2.45) is 5.73 Å². The summed E-state index contributed by atoms with van der Waals surface area (Å²) < 4.78 is 5.32. The Labute approximate surface area is 132 Å². The van der Waals surface area contributed by atoms with Crippen LogP contribution < -0.4 is 15.8 Å². The summed E-state index contributed by atoms with van der Waals surface area (Å²) in [5, 5.41) is 3.20. The fraction of sp³-hybridized carbons (Fsp3) is 0.0714. The van der Waals surface area contributed by atoms with E-state index >= 15 is 0 Å². The number of nitrogens with two attached hydrogens (primary N) is 1. The Balaban J connectivity index is 1.98. The van der Waals surface area contributed by atoms with Crippen molar-refractivity contribution >= 4 is 40.4 Å². The first-order chi connectivity index (χ1) is 10.0. The first-order valence-electron chi connectivity index (χ1n) is 5.98. The van der Waals surface area contributed by atoms with Crippen molar-refractivity contribution in [3.8, 4) is 5.75 Å². The molecule has 1 amide bonds. The van der Waals surface area contributed by atoms with Crippen LogP contribution in [0.3, 0.4) is 0 Å². The molecule has 0 unspecified atom stereocenters. The van der Waals surface area contributed by atoms with E-state index in [1.54, 1.807) is 36.4 Å². The summed E-state index contributed by atoms with van der Waals surface area (Å²) in [6, 6.07) is 10.0. The average molecular weight is 322 g/mol. The zero-order valence-corrected chi connectivity index (χ0v) is 12.4. The highest BCUT2D eigenvalue weighted by atomic mass is 35.5. The fourth-order valence-corrected chi connectivity index (χ4v) is 1.66. The largest absolute Gasteiger partial charge is 0.487 e. The normalized spacial score (nSPS) is 9.95. The van der Waals surface area contributed by atoms with E-state index in [-0.39, 0.29) is 23.2 Å². The second-order valence-electron chi connectivity index (χ2n) is 4.10. The lowest BCUT2D eigenvalue weighted by Crippen LogP contribution is -2.17. The molecule has 3 N–H and O–H groups in total. The summed E-state index contributed by atoms with van der Waals surface area (Å²) in [5.41, 5.74) is 6.25. The smallest absolute Gasteiger partial charge is 0.274 e. The van der Waals surface area contributed by atoms with Gasteiger partial charge in [-0.05, 0) is 36.4 Å². The number of halogens is 1. The topological polar surface area (TPSA) is 77.2 Å². The van der Waals surface area contributed by atoms with Crippen molar-refractivity contribution in [3.63, 3.8) is 0 Å². The fourth-order valence-electron chi connectivity index (χ4n) is 1.49. The Hall–Kier alpha value is -2.18. The summed E-state index contributed by atoms with van der Waals surface area (Å²) in [4.78, 5) is 16.2. The summed E-state index contributed by atoms with van der Waals surface area (Å²) in [6.45, 7) is 0.176. The Bertz CT molecular complexity index is 644. The second kappa shape index (κ2) is 7.01. The van der Waals surface area contributed by atoms with E-state index in [0.29, 0.717) is 16.5 Å². The average Bonchev–Trinajstić information content (AvgIpc) is 2.47. The van der Waals surface area contributed by atoms with Crippen LogP contribution >= 0.6 is 23.8 Å². The second-order valence-corrected chi connectivity index (χ2v) is 5.06. The van der Waals surface area contributed by atoms with Gasteiger partial charge in [0.2, 0.25) is 0 Å². The van der Waals surface area contributed by atoms with Gasteiger partial charge < -0.3 is 15.8 Å². The van der Waals surface area contributed by atoms with Crippen molar-refractivity contribution in [2.75, 3.05) is 11.9 Å². The minimum absolute atomic E-state index is 0.176. The van der Waals surface area contributed by atoms with E-state index in [0.717, 1.165) is 0 Å². The standard InChI is InChI=1S/C14H12ClN3O2S/c15-9-1-6-12(17-7-9)14(19)18-10-2-4-11(5-3-10)20-8-13(16)21/h1-7H,8H2,(H2,16,21)(H,18,19). The molecule has 0 saturated carbocycles. The molecule has 5 nitrogen and oxygen atoms in total. The number of rotatable bonds is 5. The molecule has 0 atom stereocenters. The quantitative estimate of drug-likeness (QED) is 0.828. The van der Waals surface area contributed by atoms with Crippen molar-refractivity contribution in [3.05, 3.63) is 53.3 Å². The highest BCUT2D eigenvalue weighted by Gasteiger charge is 2.07. The number of thiocarbonyl (C=S) groups is 1. The van der Waals surface area contributed by atoms with Crippen LogP contribution in [0, 0.1) is 0 Å². The molecule has 21 heavy (non-hydrogen) atoms. The van der Waals surface area contributed by atoms with Crippen LogP contribution in [0.15, 0.2) is 42.6 Å². The predicted octanol–water partition coefficient (Wildman–Crippen LogP) is 2.65. The van der Waals surface area contributed by atoms with E-state index in [1.165, 1.54) is 6.20 Å². The Morgan fingerprint density at radius 2 is 2.00 bits per heavy atom. The van der Waals surface area contributed by atoms with Gasteiger partial charge >= 0.3 is 0 Å². The number of ether oxygens (including phenoxy) is 1. The number of nitrogens with zero attached hydrogens (tertiary/aromatic N) is 1. The van der Waals surface area contributed by atoms with Gasteiger partial charge in [-0.3, -0.25) is 4.79 Å². The number of pyridine rings is 1. The third-order valence-corrected chi connectivity index (χ3v) is 2.79. The number of carbonyl (C=O) groups excluding carboxylic acids is 1. The number of anilines is 1. The van der Waals surface area contributed by atoms with E-state index in [4.69, 9.17) is 34.3 Å². The monoisotopic (exact) mass is 321 g/mol. The molecule has 2 rings (SSSR count). The number of hydrogen-bond donors (Lipinski definition) is 2. The molecule has 1 aromatic carbocycles. The summed E-state index contributed by atoms with van der Waals surface area (Å²) >= 11 is 10.4. The molecular weight excluding hydrogens is 310 g/mol. The van der Waals surface area contributed by atoms with Gasteiger partial charge in [0.15, 0.2) is 0 Å². The minimum atomic E-state index is -0.316. The zero-order chi connectivity index (χ0) is 15.2. The molecule has 0 spiro atoms. The molecule has 0 aliphatic rings. The van der Waals surface area contributed by atoms with Crippen LogP contribution in [-0.2, 0) is 0 Å². The van der Waals surface area contributed by atoms with E-state index in [9.17, 15) is 4.79 Å². The van der Waals surface area contributed by atoms with Crippen LogP contribution in [0.4, 0.5) is 5.69 Å². The molecule has 0 radical (unpaired) electrons. The number of aromatic nitrogens is 1. The maximum absolute atomic E-state index is 11.9. The van der Waals surface area contributed by atoms with Gasteiger partial charge in [-0.25, -0.2) is 4.98 Å². The third-order valence-electron chi connectivity index (χ3n) is 2.45. The van der Waals surface area contributed by atoms with Crippen molar-refractivity contribution in [2.45, 2.75) is 0 Å². The highest BCUT2D eigenvalue weighted by Crippen LogP contribution is 2.16. The van der Waals surface area contributed by atoms with Gasteiger partial charge in [0.05, 0.1) is 5.02 Å². The van der Waals surface area contributed by atoms with Gasteiger partial charge in [0, 0.05) is 11.9 Å². The zero-order valence-electron chi connectivity index (χ0n) is 10.9. The van der Waals surface area contributed by atoms with Gasteiger partial charge in [0.25, 0.3) is 5.91 Å². The van der Waals surface area contributed by atoms with Gasteiger partial charge in [0.1, 0.15) is 23.0 Å². The highest BCUT2D eigenvalue weighted by molar-refractivity contribution is 7.80. The van der Waals surface area contributed by atoms with Gasteiger partial charge in [-0.1, -0.05) is 23.8 Å². The van der Waals surface area contributed by atoms with E-state index in [1.807, 2.05) is 0 Å². The SMILES string of the molecule is NC(=S)COc1ccc(NC(=O)c2ccc(Cl)cn2)cc1. The molecule has 0 aliphatic carbocycles. The minimum Gasteiger partial charge on any atom is -0.487 e. The van der Waals surface area contributed by atoms with Crippen LogP contribution in [-0.4, -0.2) is 22.5 Å². The summed E-state index contributed by atoms with van der Waals surface area (Å²) in [5.74, 6) is 0.300. The molecule has 2 aromatic rings. The van der Waals surface area contributed by atoms with E-state index in [2.05, 4.69) is 10.3 Å². The van der Waals surface area contributed by atoms with Crippen molar-refractivity contribution in [1.29, 1.82) is 0 Å². The lowest BCUT2D eigenvalue weighted by Gasteiger charge is -2.07. The van der Waals surface area contributed by atoms with Gasteiger partial charge in [-0.2, -0.15) is 0 Å². The Kier molecular flexibility index (Phi) is 5.08. The van der Waals surface area contributed by atoms with Crippen molar-refractivity contribution < 1.29 is 9.53 Å². The van der Waals surface area contributed by atoms with Crippen LogP contribution in [0.1, 0.15) is 10.5 Å². The van der Waals surface area contributed by atoms with Crippen LogP contribution in [0.2, 0.25) is 5.02 Å². The number of carbonyl (C=O) groups is 1. The Morgan fingerprint density at radius 1 is 1.29 bits per heavy atom. The third kappa shape index (κ3) is 4.70. The molecule has 1 heterocycles. The number of nitrogens with one attached hydrogen (secondary N) is 1. The van der Waals surface area contributed by atoms with Crippen LogP contribution in [0.5, 0.6) is 5.75 Å². The summed E-state index contributed by atoms with van der Waals surface area (Å²) in [7, 11) is 0. The van der Waals surface area contributed by atoms with Crippen LogP contribution in [0.25, 0.3) is 0 Å². The molecule has 108 valence electrons. The molecule has 1 aromatic heterocycles.